The minimum atomic E-state index is 0.208. The lowest BCUT2D eigenvalue weighted by atomic mass is 9.92. The maximum atomic E-state index is 6.80. The molecule has 10 rings (SSSR count). The Morgan fingerprint density at radius 1 is 0.519 bits per heavy atom. The van der Waals surface area contributed by atoms with Crippen molar-refractivity contribution in [1.82, 2.24) is 0 Å². The van der Waals surface area contributed by atoms with Gasteiger partial charge in [0.1, 0.15) is 22.7 Å². The average molecular weight is 673 g/mol. The first kappa shape index (κ1) is 30.3. The number of fused-ring (bicyclic) bond motifs is 6. The van der Waals surface area contributed by atoms with Gasteiger partial charge in [0.15, 0.2) is 0 Å². The largest absolute Gasteiger partial charge is 0.456 e. The van der Waals surface area contributed by atoms with Crippen LogP contribution in [0.5, 0.6) is 11.5 Å². The van der Waals surface area contributed by atoms with Crippen molar-refractivity contribution in [2.45, 2.75) is 26.3 Å². The standard InChI is InChI=1S/C48H36N2O2/c1-31-12-9-18-35(26-31)49(33-14-5-3-6-15-33)37-22-24-39-42-30-46-47(41-20-11-21-43(48(41)42)51-44(39)28-37)40-25-23-38(29-45(40)52-46)50(34-16-7-4-8-17-34)36-19-10-13-32(2)27-36/h3-16,18-30,34H,17H2,1-2H3. The van der Waals surface area contributed by atoms with Crippen molar-refractivity contribution in [3.63, 3.8) is 0 Å². The summed E-state index contributed by atoms with van der Waals surface area (Å²) in [7, 11) is 0. The molecular formula is C48H36N2O2. The molecule has 250 valence electrons. The highest BCUT2D eigenvalue weighted by atomic mass is 16.5. The van der Waals surface area contributed by atoms with E-state index < -0.39 is 0 Å². The van der Waals surface area contributed by atoms with E-state index in [-0.39, 0.29) is 6.04 Å². The van der Waals surface area contributed by atoms with Gasteiger partial charge < -0.3 is 19.0 Å². The minimum Gasteiger partial charge on any atom is -0.456 e. The average Bonchev–Trinajstić information content (AvgIpc) is 3.54. The van der Waals surface area contributed by atoms with Crippen LogP contribution in [0, 0.1) is 13.8 Å². The van der Waals surface area contributed by atoms with Crippen molar-refractivity contribution in [2.75, 3.05) is 9.80 Å². The van der Waals surface area contributed by atoms with Crippen LogP contribution >= 0.6 is 0 Å². The third-order valence-electron chi connectivity index (χ3n) is 10.4. The van der Waals surface area contributed by atoms with Crippen LogP contribution in [0.2, 0.25) is 0 Å². The van der Waals surface area contributed by atoms with Gasteiger partial charge in [-0.2, -0.15) is 0 Å². The molecule has 1 aromatic heterocycles. The molecule has 2 aliphatic rings. The zero-order valence-electron chi connectivity index (χ0n) is 29.1. The Labute approximate surface area is 303 Å². The molecule has 4 nitrogen and oxygen atoms in total. The molecule has 0 bridgehead atoms. The van der Waals surface area contributed by atoms with Crippen molar-refractivity contribution >= 4 is 61.1 Å². The first-order valence-electron chi connectivity index (χ1n) is 17.9. The molecule has 0 radical (unpaired) electrons. The normalized spacial score (nSPS) is 14.5. The lowest BCUT2D eigenvalue weighted by Crippen LogP contribution is -2.29. The van der Waals surface area contributed by atoms with E-state index in [1.165, 1.54) is 16.8 Å². The predicted octanol–water partition coefficient (Wildman–Crippen LogP) is 13.6. The third-order valence-corrected chi connectivity index (χ3v) is 10.4. The maximum absolute atomic E-state index is 6.80. The third kappa shape index (κ3) is 4.98. The molecular weight excluding hydrogens is 637 g/mol. The molecule has 0 N–H and O–H groups in total. The lowest BCUT2D eigenvalue weighted by Gasteiger charge is -2.32. The van der Waals surface area contributed by atoms with E-state index in [1.54, 1.807) is 0 Å². The second-order valence-corrected chi connectivity index (χ2v) is 13.9. The Balaban J connectivity index is 1.12. The van der Waals surface area contributed by atoms with Crippen molar-refractivity contribution in [3.05, 3.63) is 175 Å². The van der Waals surface area contributed by atoms with Crippen LogP contribution in [-0.4, -0.2) is 6.04 Å². The number of rotatable bonds is 6. The van der Waals surface area contributed by atoms with Crippen molar-refractivity contribution in [1.29, 1.82) is 0 Å². The van der Waals surface area contributed by atoms with E-state index in [1.807, 2.05) is 0 Å². The van der Waals surface area contributed by atoms with Gasteiger partial charge >= 0.3 is 0 Å². The number of para-hydroxylation sites is 1. The van der Waals surface area contributed by atoms with Crippen molar-refractivity contribution in [2.24, 2.45) is 0 Å². The van der Waals surface area contributed by atoms with E-state index in [2.05, 4.69) is 187 Å². The Kier molecular flexibility index (Phi) is 7.03. The van der Waals surface area contributed by atoms with Gasteiger partial charge in [0.2, 0.25) is 0 Å². The van der Waals surface area contributed by atoms with E-state index in [9.17, 15) is 0 Å². The highest BCUT2D eigenvalue weighted by Crippen LogP contribution is 2.52. The molecule has 0 saturated heterocycles. The van der Waals surface area contributed by atoms with Gasteiger partial charge in [0, 0.05) is 67.9 Å². The Hall–Kier alpha value is -6.52. The highest BCUT2D eigenvalue weighted by Gasteiger charge is 2.26. The molecule has 52 heavy (non-hydrogen) atoms. The molecule has 2 heterocycles. The smallest absolute Gasteiger partial charge is 0.137 e. The molecule has 1 aliphatic carbocycles. The van der Waals surface area contributed by atoms with Gasteiger partial charge in [-0.25, -0.2) is 0 Å². The topological polar surface area (TPSA) is 28.9 Å². The van der Waals surface area contributed by atoms with E-state index in [0.29, 0.717) is 0 Å². The second-order valence-electron chi connectivity index (χ2n) is 13.9. The second kappa shape index (κ2) is 12.1. The Morgan fingerprint density at radius 2 is 1.25 bits per heavy atom. The zero-order valence-corrected chi connectivity index (χ0v) is 29.1. The number of hydrogen-bond donors (Lipinski definition) is 0. The molecule has 1 atom stereocenters. The van der Waals surface area contributed by atoms with Gasteiger partial charge in [-0.05, 0) is 110 Å². The van der Waals surface area contributed by atoms with Gasteiger partial charge in [-0.3, -0.25) is 0 Å². The lowest BCUT2D eigenvalue weighted by molar-refractivity contribution is 0.487. The molecule has 8 aromatic rings. The summed E-state index contributed by atoms with van der Waals surface area (Å²) >= 11 is 0. The number of allylic oxidation sites excluding steroid dienone is 2. The van der Waals surface area contributed by atoms with Crippen LogP contribution in [0.15, 0.2) is 168 Å². The quantitative estimate of drug-likeness (QED) is 0.176. The van der Waals surface area contributed by atoms with E-state index >= 15 is 0 Å². The SMILES string of the molecule is Cc1cccc(N(c2ccccc2)c2ccc3c(c2)Oc2cccc4c2c-3cc2oc3cc(N(c5cccc(C)c5)C5C=CC=CC5)ccc3c24)c1. The summed E-state index contributed by atoms with van der Waals surface area (Å²) in [5.41, 5.74) is 11.9. The van der Waals surface area contributed by atoms with Gasteiger partial charge in [-0.15, -0.1) is 0 Å². The van der Waals surface area contributed by atoms with Crippen LogP contribution in [-0.2, 0) is 0 Å². The Morgan fingerprint density at radius 3 is 2.06 bits per heavy atom. The summed E-state index contributed by atoms with van der Waals surface area (Å²) in [5, 5.41) is 4.46. The number of anilines is 5. The summed E-state index contributed by atoms with van der Waals surface area (Å²) < 4.78 is 13.6. The number of hydrogen-bond acceptors (Lipinski definition) is 4. The first-order chi connectivity index (χ1) is 25.6. The van der Waals surface area contributed by atoms with Gasteiger partial charge in [-0.1, -0.05) is 78.9 Å². The predicted molar refractivity (Wildman–Crippen MR) is 216 cm³/mol. The highest BCUT2D eigenvalue weighted by molar-refractivity contribution is 6.24. The summed E-state index contributed by atoms with van der Waals surface area (Å²) in [4.78, 5) is 4.71. The number of furan rings is 1. The summed E-state index contributed by atoms with van der Waals surface area (Å²) in [5.74, 6) is 1.68. The first-order valence-corrected chi connectivity index (χ1v) is 17.9. The molecule has 1 unspecified atom stereocenters. The zero-order chi connectivity index (χ0) is 34.8. The number of aryl methyl sites for hydroxylation is 2. The van der Waals surface area contributed by atoms with Gasteiger partial charge in [0.25, 0.3) is 0 Å². The fourth-order valence-electron chi connectivity index (χ4n) is 8.09. The molecule has 0 amide bonds. The maximum Gasteiger partial charge on any atom is 0.137 e. The fourth-order valence-corrected chi connectivity index (χ4v) is 8.09. The van der Waals surface area contributed by atoms with Crippen LogP contribution < -0.4 is 14.5 Å². The monoisotopic (exact) mass is 672 g/mol. The molecule has 0 fully saturated rings. The van der Waals surface area contributed by atoms with Crippen LogP contribution in [0.3, 0.4) is 0 Å². The summed E-state index contributed by atoms with van der Waals surface area (Å²) in [6.45, 7) is 4.28. The summed E-state index contributed by atoms with van der Waals surface area (Å²) in [6, 6.07) is 49.9. The van der Waals surface area contributed by atoms with Gasteiger partial charge in [0.05, 0.1) is 6.04 Å². The van der Waals surface area contributed by atoms with Crippen LogP contribution in [0.4, 0.5) is 28.4 Å². The molecule has 4 heteroatoms. The number of benzene rings is 7. The van der Waals surface area contributed by atoms with Crippen LogP contribution in [0.1, 0.15) is 17.5 Å². The summed E-state index contributed by atoms with van der Waals surface area (Å²) in [6.07, 6.45) is 9.74. The van der Waals surface area contributed by atoms with Crippen LogP contribution in [0.25, 0.3) is 43.8 Å². The minimum absolute atomic E-state index is 0.208. The molecule has 0 saturated carbocycles. The van der Waals surface area contributed by atoms with E-state index in [0.717, 1.165) is 84.5 Å². The molecule has 7 aromatic carbocycles. The Bertz CT molecular complexity index is 2740. The number of ether oxygens (including phenoxy) is 1. The van der Waals surface area contributed by atoms with Crippen molar-refractivity contribution < 1.29 is 9.15 Å². The molecule has 1 aliphatic heterocycles. The fraction of sp³-hybridized carbons (Fsp3) is 0.0833. The van der Waals surface area contributed by atoms with Crippen molar-refractivity contribution in [3.8, 4) is 22.6 Å². The number of nitrogens with zero attached hydrogens (tertiary/aromatic N) is 2. The molecule has 0 spiro atoms. The van der Waals surface area contributed by atoms with E-state index in [4.69, 9.17) is 9.15 Å².